The van der Waals surface area contributed by atoms with E-state index in [1.165, 1.54) is 24.6 Å². The molecule has 7 nitrogen and oxygen atoms in total. The minimum Gasteiger partial charge on any atom is -0.454 e. The zero-order chi connectivity index (χ0) is 18.8. The van der Waals surface area contributed by atoms with Crippen LogP contribution in [0.15, 0.2) is 27.8 Å². The van der Waals surface area contributed by atoms with Crippen LogP contribution in [0.4, 0.5) is 0 Å². The lowest BCUT2D eigenvalue weighted by Crippen LogP contribution is -2.44. The van der Waals surface area contributed by atoms with Crippen molar-refractivity contribution in [2.45, 2.75) is 44.4 Å². The van der Waals surface area contributed by atoms with Crippen molar-refractivity contribution in [1.29, 1.82) is 0 Å². The van der Waals surface area contributed by atoms with Gasteiger partial charge >= 0.3 is 0 Å². The molecule has 2 aliphatic rings. The lowest BCUT2D eigenvalue weighted by atomic mass is 9.78. The quantitative estimate of drug-likeness (QED) is 0.783. The van der Waals surface area contributed by atoms with E-state index in [-0.39, 0.29) is 24.5 Å². The van der Waals surface area contributed by atoms with Gasteiger partial charge in [-0.3, -0.25) is 4.79 Å². The molecule has 0 bridgehead atoms. The minimum absolute atomic E-state index is 0.00813. The molecule has 27 heavy (non-hydrogen) atoms. The first kappa shape index (κ1) is 18.2. The molecule has 1 saturated carbocycles. The highest BCUT2D eigenvalue weighted by Gasteiger charge is 2.28. The third-order valence-corrected chi connectivity index (χ3v) is 6.22. The molecular weight excluding hydrogens is 366 g/mol. The summed E-state index contributed by atoms with van der Waals surface area (Å²) < 4.78 is 16.3. The van der Waals surface area contributed by atoms with E-state index >= 15 is 0 Å². The first-order valence-corrected chi connectivity index (χ1v) is 10.2. The average Bonchev–Trinajstić information content (AvgIpc) is 3.32. The van der Waals surface area contributed by atoms with E-state index < -0.39 is 0 Å². The molecule has 0 spiro atoms. The van der Waals surface area contributed by atoms with Crippen LogP contribution in [0.1, 0.15) is 33.1 Å². The van der Waals surface area contributed by atoms with E-state index in [1.807, 2.05) is 18.2 Å². The number of amides is 1. The van der Waals surface area contributed by atoms with E-state index in [2.05, 4.69) is 29.4 Å². The van der Waals surface area contributed by atoms with Crippen molar-refractivity contribution in [3.63, 3.8) is 0 Å². The van der Waals surface area contributed by atoms with Gasteiger partial charge in [0.2, 0.25) is 18.6 Å². The zero-order valence-electron chi connectivity index (χ0n) is 15.4. The third kappa shape index (κ3) is 4.05. The molecule has 0 radical (unpaired) electrons. The fraction of sp³-hybridized carbons (Fsp3) is 0.526. The average molecular weight is 389 g/mol. The van der Waals surface area contributed by atoms with Crippen LogP contribution >= 0.6 is 11.8 Å². The number of aromatic nitrogens is 2. The molecule has 1 N–H and O–H groups in total. The fourth-order valence-electron chi connectivity index (χ4n) is 3.58. The van der Waals surface area contributed by atoms with Crippen LogP contribution in [0.5, 0.6) is 11.5 Å². The molecule has 0 unspecified atom stereocenters. The normalized spacial score (nSPS) is 24.0. The molecule has 1 aliphatic carbocycles. The Balaban J connectivity index is 1.32. The summed E-state index contributed by atoms with van der Waals surface area (Å²) in [6.45, 7) is 4.70. The van der Waals surface area contributed by atoms with Gasteiger partial charge in [0.1, 0.15) is 0 Å². The van der Waals surface area contributed by atoms with Gasteiger partial charge < -0.3 is 19.2 Å². The Morgan fingerprint density at radius 2 is 2.07 bits per heavy atom. The summed E-state index contributed by atoms with van der Waals surface area (Å²) in [6.07, 6.45) is 3.47. The molecule has 4 rings (SSSR count). The van der Waals surface area contributed by atoms with Crippen molar-refractivity contribution >= 4 is 17.7 Å². The van der Waals surface area contributed by atoms with Crippen molar-refractivity contribution in [2.24, 2.45) is 11.8 Å². The van der Waals surface area contributed by atoms with Crippen LogP contribution in [-0.4, -0.2) is 34.7 Å². The lowest BCUT2D eigenvalue weighted by Gasteiger charge is -2.34. The maximum atomic E-state index is 12.3. The van der Waals surface area contributed by atoms with Crippen molar-refractivity contribution in [3.05, 3.63) is 18.2 Å². The topological polar surface area (TPSA) is 86.5 Å². The Hall–Kier alpha value is -2.22. The predicted molar refractivity (Wildman–Crippen MR) is 101 cm³/mol. The molecular formula is C19H23N3O4S. The van der Waals surface area contributed by atoms with Crippen molar-refractivity contribution < 1.29 is 18.7 Å². The molecule has 3 atom stereocenters. The van der Waals surface area contributed by atoms with Gasteiger partial charge in [-0.2, -0.15) is 0 Å². The Labute approximate surface area is 162 Å². The first-order chi connectivity index (χ1) is 13.1. The number of rotatable bonds is 5. The summed E-state index contributed by atoms with van der Waals surface area (Å²) in [4.78, 5) is 12.3. The highest BCUT2D eigenvalue weighted by atomic mass is 32.2. The molecule has 144 valence electrons. The molecule has 8 heteroatoms. The van der Waals surface area contributed by atoms with Gasteiger partial charge in [0.15, 0.2) is 11.5 Å². The molecule has 1 aromatic carbocycles. The molecule has 1 aliphatic heterocycles. The van der Waals surface area contributed by atoms with Gasteiger partial charge in [0.25, 0.3) is 5.22 Å². The van der Waals surface area contributed by atoms with Crippen molar-refractivity contribution in [1.82, 2.24) is 15.5 Å². The van der Waals surface area contributed by atoms with E-state index in [9.17, 15) is 4.79 Å². The predicted octanol–water partition coefficient (Wildman–Crippen LogP) is 3.50. The largest absolute Gasteiger partial charge is 0.454 e. The number of carbonyl (C=O) groups is 1. The summed E-state index contributed by atoms with van der Waals surface area (Å²) in [5, 5.41) is 11.6. The Bertz CT molecular complexity index is 825. The lowest BCUT2D eigenvalue weighted by molar-refractivity contribution is -0.120. The number of carbonyl (C=O) groups excluding carboxylic acids is 1. The number of nitrogens with zero attached hydrogens (tertiary/aromatic N) is 2. The highest BCUT2D eigenvalue weighted by Crippen LogP contribution is 2.36. The maximum absolute atomic E-state index is 12.3. The summed E-state index contributed by atoms with van der Waals surface area (Å²) >= 11 is 1.25. The van der Waals surface area contributed by atoms with Crippen molar-refractivity contribution in [2.75, 3.05) is 12.5 Å². The van der Waals surface area contributed by atoms with Gasteiger partial charge in [-0.05, 0) is 36.5 Å². The number of fused-ring (bicyclic) bond motifs is 1. The summed E-state index contributed by atoms with van der Waals surface area (Å²) in [7, 11) is 0. The number of ether oxygens (including phenoxy) is 2. The van der Waals surface area contributed by atoms with Crippen LogP contribution in [0.25, 0.3) is 11.5 Å². The number of benzene rings is 1. The Morgan fingerprint density at radius 1 is 1.22 bits per heavy atom. The second-order valence-electron chi connectivity index (χ2n) is 7.17. The van der Waals surface area contributed by atoms with E-state index in [1.54, 1.807) is 0 Å². The van der Waals surface area contributed by atoms with Gasteiger partial charge in [0, 0.05) is 11.6 Å². The molecule has 2 aromatic rings. The summed E-state index contributed by atoms with van der Waals surface area (Å²) in [5.74, 6) is 3.19. The van der Waals surface area contributed by atoms with Crippen molar-refractivity contribution in [3.8, 4) is 23.0 Å². The summed E-state index contributed by atoms with van der Waals surface area (Å²) in [5.41, 5.74) is 0.757. The molecule has 1 fully saturated rings. The van der Waals surface area contributed by atoms with Gasteiger partial charge in [0.05, 0.1) is 5.75 Å². The van der Waals surface area contributed by atoms with E-state index in [0.29, 0.717) is 34.4 Å². The standard InChI is InChI=1S/C19H23N3O4S/c1-11-4-3-5-14(12(11)2)20-17(23)9-27-19-22-21-18(26-19)13-6-7-15-16(8-13)25-10-24-15/h6-8,11-12,14H,3-5,9-10H2,1-2H3,(H,20,23)/t11-,12-,14+/m1/s1. The van der Waals surface area contributed by atoms with Crippen LogP contribution in [0.2, 0.25) is 0 Å². The Morgan fingerprint density at radius 3 is 2.96 bits per heavy atom. The Kier molecular flexibility index (Phi) is 5.24. The monoisotopic (exact) mass is 389 g/mol. The number of hydrogen-bond acceptors (Lipinski definition) is 7. The molecule has 0 saturated heterocycles. The number of nitrogens with one attached hydrogen (secondary N) is 1. The number of hydrogen-bond donors (Lipinski definition) is 1. The zero-order valence-corrected chi connectivity index (χ0v) is 16.3. The molecule has 1 amide bonds. The second kappa shape index (κ2) is 7.80. The van der Waals surface area contributed by atoms with Crippen LogP contribution < -0.4 is 14.8 Å². The van der Waals surface area contributed by atoms with E-state index in [0.717, 1.165) is 12.0 Å². The molecule has 2 heterocycles. The van der Waals surface area contributed by atoms with Crippen LogP contribution in [-0.2, 0) is 4.79 Å². The van der Waals surface area contributed by atoms with Gasteiger partial charge in [-0.1, -0.05) is 38.5 Å². The van der Waals surface area contributed by atoms with E-state index in [4.69, 9.17) is 13.9 Å². The maximum Gasteiger partial charge on any atom is 0.277 e. The minimum atomic E-state index is 0.00813. The number of thioether (sulfide) groups is 1. The van der Waals surface area contributed by atoms with Gasteiger partial charge in [-0.25, -0.2) is 0 Å². The first-order valence-electron chi connectivity index (χ1n) is 9.26. The SMILES string of the molecule is C[C@@H]1[C@H](C)CCC[C@@H]1NC(=O)CSc1nnc(-c2ccc3c(c2)OCO3)o1. The fourth-order valence-corrected chi connectivity index (χ4v) is 4.15. The second-order valence-corrected chi connectivity index (χ2v) is 8.10. The van der Waals surface area contributed by atoms with Crippen LogP contribution in [0, 0.1) is 11.8 Å². The smallest absolute Gasteiger partial charge is 0.277 e. The van der Waals surface area contributed by atoms with Crippen LogP contribution in [0.3, 0.4) is 0 Å². The molecule has 1 aromatic heterocycles. The third-order valence-electron chi connectivity index (χ3n) is 5.41. The van der Waals surface area contributed by atoms with Gasteiger partial charge in [-0.15, -0.1) is 10.2 Å². The highest BCUT2D eigenvalue weighted by molar-refractivity contribution is 7.99. The summed E-state index contributed by atoms with van der Waals surface area (Å²) in [6, 6.07) is 5.72.